The molecule has 0 amide bonds. The maximum absolute atomic E-state index is 12.2. The predicted octanol–water partition coefficient (Wildman–Crippen LogP) is 6.69. The van der Waals surface area contributed by atoms with Crippen LogP contribution in [0, 0.1) is 51.8 Å². The van der Waals surface area contributed by atoms with Crippen LogP contribution in [0.4, 0.5) is 0 Å². The average molecular weight is 1070 g/mol. The van der Waals surface area contributed by atoms with Gasteiger partial charge in [-0.05, 0) is 136 Å². The van der Waals surface area contributed by atoms with E-state index in [0.717, 1.165) is 51.4 Å². The molecule has 20 nitrogen and oxygen atoms in total. The van der Waals surface area contributed by atoms with Crippen molar-refractivity contribution in [3.63, 3.8) is 0 Å². The highest BCUT2D eigenvalue weighted by Crippen LogP contribution is 2.54. The molecule has 76 heavy (non-hydrogen) atoms. The second kappa shape index (κ2) is 23.0. The number of hydrogen-bond acceptors (Lipinski definition) is 20. The van der Waals surface area contributed by atoms with Gasteiger partial charge in [-0.15, -0.1) is 0 Å². The van der Waals surface area contributed by atoms with Gasteiger partial charge >= 0.3 is 59.7 Å². The van der Waals surface area contributed by atoms with Gasteiger partial charge in [0.25, 0.3) is 0 Å². The smallest absolute Gasteiger partial charge is 0.344 e. The van der Waals surface area contributed by atoms with E-state index < -0.39 is 88.0 Å². The van der Waals surface area contributed by atoms with Crippen molar-refractivity contribution in [3.8, 4) is 0 Å². The van der Waals surface area contributed by atoms with Crippen LogP contribution in [0.2, 0.25) is 0 Å². The molecule has 6 saturated carbocycles. The molecular formula is C56H80O20. The van der Waals surface area contributed by atoms with Crippen LogP contribution in [-0.4, -0.2) is 121 Å². The van der Waals surface area contributed by atoms with E-state index in [4.69, 9.17) is 47.4 Å². The normalized spacial score (nSPS) is 33.2. The van der Waals surface area contributed by atoms with E-state index in [0.29, 0.717) is 82.0 Å². The first-order chi connectivity index (χ1) is 35.6. The van der Waals surface area contributed by atoms with E-state index in [2.05, 4.69) is 0 Å². The largest absolute Gasteiger partial charge is 0.462 e. The van der Waals surface area contributed by atoms with E-state index >= 15 is 0 Å². The monoisotopic (exact) mass is 1070 g/mol. The van der Waals surface area contributed by atoms with Gasteiger partial charge in [0, 0.05) is 38.5 Å². The average Bonchev–Trinajstić information content (AvgIpc) is 3.70. The van der Waals surface area contributed by atoms with Crippen molar-refractivity contribution in [2.45, 2.75) is 213 Å². The van der Waals surface area contributed by atoms with E-state index in [9.17, 15) is 47.9 Å². The Balaban J connectivity index is 0.000000167. The van der Waals surface area contributed by atoms with Crippen molar-refractivity contribution in [2.24, 2.45) is 51.8 Å². The Kier molecular flexibility index (Phi) is 17.6. The zero-order chi connectivity index (χ0) is 55.6. The van der Waals surface area contributed by atoms with Crippen LogP contribution in [0.25, 0.3) is 0 Å². The number of hydrogen-bond donors (Lipinski definition) is 0. The Morgan fingerprint density at radius 1 is 0.395 bits per heavy atom. The SMILES string of the molecule is CCC(C)(C)C(=O)OCC(=O)OC12CC3CC(C1)OC(=O)C(C3)C2.CCC(C)(C)C(=O)OCC(=O)OC12CC3CC(C1)OC(=O)C(C3)C2.CCC(C)(C)C(=O)OCC(=O)OCC(=O)OC12CC3CC(C1)OC(=O)C(C3)C2. The van der Waals surface area contributed by atoms with Gasteiger partial charge < -0.3 is 47.4 Å². The molecule has 12 aliphatic rings. The fourth-order valence-electron chi connectivity index (χ4n) is 12.9. The number of esters is 10. The number of fused-ring (bicyclic) bond motifs is 3. The van der Waals surface area contributed by atoms with Gasteiger partial charge in [0.1, 0.15) is 35.1 Å². The fraction of sp³-hybridized carbons (Fsp3) is 0.821. The van der Waals surface area contributed by atoms with Gasteiger partial charge in [-0.1, -0.05) is 20.8 Å². The molecular weight excluding hydrogens is 993 g/mol. The van der Waals surface area contributed by atoms with E-state index in [1.54, 1.807) is 41.5 Å². The van der Waals surface area contributed by atoms with Crippen molar-refractivity contribution in [1.29, 1.82) is 0 Å². The predicted molar refractivity (Wildman–Crippen MR) is 262 cm³/mol. The number of carbonyl (C=O) groups excluding carboxylic acids is 10. The molecule has 0 spiro atoms. The van der Waals surface area contributed by atoms with Crippen molar-refractivity contribution in [1.82, 2.24) is 0 Å². The summed E-state index contributed by atoms with van der Waals surface area (Å²) in [4.78, 5) is 120. The first-order valence-electron chi connectivity index (χ1n) is 27.5. The molecule has 0 aromatic heterocycles. The summed E-state index contributed by atoms with van der Waals surface area (Å²) < 4.78 is 53.6. The molecule has 424 valence electrons. The Morgan fingerprint density at radius 2 is 0.658 bits per heavy atom. The number of rotatable bonds is 17. The minimum absolute atomic E-state index is 0.155. The molecule has 12 bridgehead atoms. The summed E-state index contributed by atoms with van der Waals surface area (Å²) in [5.74, 6) is -3.90. The molecule has 0 aromatic rings. The summed E-state index contributed by atoms with van der Waals surface area (Å²) in [6.07, 6.45) is 11.7. The van der Waals surface area contributed by atoms with Crippen LogP contribution in [0.5, 0.6) is 0 Å². The number of ether oxygens (including phenoxy) is 10. The highest BCUT2D eigenvalue weighted by Gasteiger charge is 2.57. The topological polar surface area (TPSA) is 263 Å². The minimum atomic E-state index is -0.807. The maximum atomic E-state index is 12.2. The van der Waals surface area contributed by atoms with Crippen LogP contribution in [-0.2, 0) is 95.3 Å². The lowest BCUT2D eigenvalue weighted by Gasteiger charge is -2.45. The molecule has 0 N–H and O–H groups in total. The summed E-state index contributed by atoms with van der Waals surface area (Å²) in [6.45, 7) is 14.4. The molecule has 0 aromatic carbocycles. The van der Waals surface area contributed by atoms with Gasteiger partial charge in [-0.25, -0.2) is 19.2 Å². The minimum Gasteiger partial charge on any atom is -0.462 e. The second-order valence-corrected chi connectivity index (χ2v) is 25.2. The Bertz CT molecular complexity index is 2170. The van der Waals surface area contributed by atoms with Crippen molar-refractivity contribution in [3.05, 3.63) is 0 Å². The summed E-state index contributed by atoms with van der Waals surface area (Å²) in [7, 11) is 0. The van der Waals surface area contributed by atoms with E-state index in [1.807, 2.05) is 20.8 Å². The quantitative estimate of drug-likeness (QED) is 0.108. The molecule has 6 heterocycles. The molecule has 12 unspecified atom stereocenters. The molecule has 0 radical (unpaired) electrons. The Morgan fingerprint density at radius 3 is 0.934 bits per heavy atom. The summed E-state index contributed by atoms with van der Waals surface area (Å²) in [5.41, 5.74) is -3.89. The van der Waals surface area contributed by atoms with Gasteiger partial charge in [0.05, 0.1) is 34.0 Å². The summed E-state index contributed by atoms with van der Waals surface area (Å²) >= 11 is 0. The third kappa shape index (κ3) is 14.1. The standard InChI is InChI=1S/C20H28O8.2C18H26O6/c1-4-19(2,3)18(24)26-10-15(21)25-11-16(22)28-20-7-12-5-13(8-20)17(23)27-14(6-12)9-20;2*1-4-17(2,3)16(21)22-10-14(19)24-18-7-11-5-12(8-18)15(20)23-13(6-11)9-18/h12-14H,4-11H2,1-3H3;2*11-13H,4-10H2,1-3H3. The highest BCUT2D eigenvalue weighted by molar-refractivity contribution is 5.83. The van der Waals surface area contributed by atoms with Crippen molar-refractivity contribution in [2.75, 3.05) is 26.4 Å². The molecule has 12 fully saturated rings. The molecule has 12 atom stereocenters. The molecule has 6 saturated heterocycles. The van der Waals surface area contributed by atoms with Crippen LogP contribution < -0.4 is 0 Å². The van der Waals surface area contributed by atoms with Gasteiger partial charge in [0.2, 0.25) is 0 Å². The lowest BCUT2D eigenvalue weighted by Crippen LogP contribution is -2.48. The summed E-state index contributed by atoms with van der Waals surface area (Å²) in [5, 5.41) is 0. The van der Waals surface area contributed by atoms with E-state index in [1.165, 1.54) is 0 Å². The van der Waals surface area contributed by atoms with Gasteiger partial charge in [-0.2, -0.15) is 0 Å². The number of carbonyl (C=O) groups is 10. The van der Waals surface area contributed by atoms with E-state index in [-0.39, 0.29) is 67.2 Å². The third-order valence-corrected chi connectivity index (χ3v) is 17.7. The third-order valence-electron chi connectivity index (χ3n) is 17.7. The zero-order valence-corrected chi connectivity index (χ0v) is 45.9. The zero-order valence-electron chi connectivity index (χ0n) is 45.9. The lowest BCUT2D eigenvalue weighted by atomic mass is 9.65. The molecule has 20 heteroatoms. The van der Waals surface area contributed by atoms with Gasteiger partial charge in [-0.3, -0.25) is 28.8 Å². The first-order valence-corrected chi connectivity index (χ1v) is 27.5. The Hall–Kier alpha value is -5.30. The first kappa shape index (κ1) is 58.4. The molecule has 6 aliphatic carbocycles. The van der Waals surface area contributed by atoms with Crippen LogP contribution in [0.1, 0.15) is 178 Å². The fourth-order valence-corrected chi connectivity index (χ4v) is 12.9. The maximum Gasteiger partial charge on any atom is 0.344 e. The summed E-state index contributed by atoms with van der Waals surface area (Å²) in [6, 6.07) is 0. The van der Waals surface area contributed by atoms with Crippen LogP contribution >= 0.6 is 0 Å². The highest BCUT2D eigenvalue weighted by atomic mass is 16.6. The second-order valence-electron chi connectivity index (χ2n) is 25.2. The van der Waals surface area contributed by atoms with Crippen LogP contribution in [0.3, 0.4) is 0 Å². The van der Waals surface area contributed by atoms with Crippen molar-refractivity contribution < 1.29 is 95.3 Å². The van der Waals surface area contributed by atoms with Crippen molar-refractivity contribution >= 4 is 59.7 Å². The van der Waals surface area contributed by atoms with Gasteiger partial charge in [0.15, 0.2) is 26.4 Å². The molecule has 12 rings (SSSR count). The van der Waals surface area contributed by atoms with Crippen LogP contribution in [0.15, 0.2) is 0 Å². The Labute approximate surface area is 445 Å². The molecule has 6 aliphatic heterocycles. The lowest BCUT2D eigenvalue weighted by molar-refractivity contribution is -0.184.